The molecule has 4 rings (SSSR count). The number of aryl methyl sites for hydroxylation is 1. The van der Waals surface area contributed by atoms with E-state index in [4.69, 9.17) is 0 Å². The molecular formula is C20H15F2N5O. The van der Waals surface area contributed by atoms with Crippen LogP contribution in [0, 0.1) is 18.6 Å². The molecule has 28 heavy (non-hydrogen) atoms. The summed E-state index contributed by atoms with van der Waals surface area (Å²) in [4.78, 5) is 20.9. The van der Waals surface area contributed by atoms with Crippen molar-refractivity contribution in [1.29, 1.82) is 0 Å². The number of halogens is 2. The summed E-state index contributed by atoms with van der Waals surface area (Å²) in [7, 11) is 0. The summed E-state index contributed by atoms with van der Waals surface area (Å²) in [6, 6.07) is 11.2. The van der Waals surface area contributed by atoms with Crippen molar-refractivity contribution < 1.29 is 13.6 Å². The predicted molar refractivity (Wildman–Crippen MR) is 102 cm³/mol. The highest BCUT2D eigenvalue weighted by atomic mass is 19.1. The van der Waals surface area contributed by atoms with E-state index in [0.29, 0.717) is 17.5 Å². The zero-order chi connectivity index (χ0) is 19.7. The molecule has 0 radical (unpaired) electrons. The average Bonchev–Trinajstić information content (AvgIpc) is 3.01. The van der Waals surface area contributed by atoms with E-state index < -0.39 is 17.7 Å². The number of nitrogens with one attached hydrogen (secondary N) is 2. The third-order valence-electron chi connectivity index (χ3n) is 4.22. The number of aromatic nitrogens is 3. The SMILES string of the molecule is Cc1c(-c2cccc(NC(=O)Nc3ccc(F)cc3F)c2)nc2ncccn12. The highest BCUT2D eigenvalue weighted by Crippen LogP contribution is 2.25. The Labute approximate surface area is 158 Å². The fraction of sp³-hybridized carbons (Fsp3) is 0.0500. The van der Waals surface area contributed by atoms with Gasteiger partial charge in [-0.05, 0) is 37.3 Å². The lowest BCUT2D eigenvalue weighted by Gasteiger charge is -2.09. The van der Waals surface area contributed by atoms with Gasteiger partial charge in [-0.2, -0.15) is 0 Å². The number of carbonyl (C=O) groups is 1. The van der Waals surface area contributed by atoms with Crippen molar-refractivity contribution in [3.05, 3.63) is 78.3 Å². The fourth-order valence-corrected chi connectivity index (χ4v) is 2.90. The maximum absolute atomic E-state index is 13.7. The number of nitrogens with zero attached hydrogens (tertiary/aromatic N) is 3. The molecule has 140 valence electrons. The Morgan fingerprint density at radius 3 is 2.71 bits per heavy atom. The molecule has 0 aliphatic rings. The van der Waals surface area contributed by atoms with Gasteiger partial charge in [0, 0.05) is 35.4 Å². The van der Waals surface area contributed by atoms with Crippen molar-refractivity contribution in [2.75, 3.05) is 10.6 Å². The summed E-state index contributed by atoms with van der Waals surface area (Å²) in [5.41, 5.74) is 2.85. The molecule has 8 heteroatoms. The molecule has 2 heterocycles. The lowest BCUT2D eigenvalue weighted by atomic mass is 10.1. The van der Waals surface area contributed by atoms with Crippen LogP contribution in [-0.4, -0.2) is 20.4 Å². The molecule has 0 fully saturated rings. The minimum absolute atomic E-state index is 0.114. The number of fused-ring (bicyclic) bond motifs is 1. The second-order valence-corrected chi connectivity index (χ2v) is 6.12. The Kier molecular flexibility index (Phi) is 4.44. The first-order valence-corrected chi connectivity index (χ1v) is 8.44. The van der Waals surface area contributed by atoms with Crippen molar-refractivity contribution in [3.63, 3.8) is 0 Å². The van der Waals surface area contributed by atoms with Crippen LogP contribution in [0.3, 0.4) is 0 Å². The van der Waals surface area contributed by atoms with Gasteiger partial charge in [0.1, 0.15) is 11.6 Å². The molecule has 0 saturated carbocycles. The van der Waals surface area contributed by atoms with Gasteiger partial charge < -0.3 is 10.6 Å². The highest BCUT2D eigenvalue weighted by molar-refractivity contribution is 6.00. The number of urea groups is 1. The van der Waals surface area contributed by atoms with Crippen LogP contribution in [0.15, 0.2) is 60.9 Å². The maximum atomic E-state index is 13.7. The highest BCUT2D eigenvalue weighted by Gasteiger charge is 2.12. The van der Waals surface area contributed by atoms with Crippen LogP contribution in [0.1, 0.15) is 5.69 Å². The minimum Gasteiger partial charge on any atom is -0.308 e. The molecule has 0 aliphatic carbocycles. The van der Waals surface area contributed by atoms with Crippen molar-refractivity contribution in [2.45, 2.75) is 6.92 Å². The number of hydrogen-bond donors (Lipinski definition) is 2. The lowest BCUT2D eigenvalue weighted by molar-refractivity contribution is 0.262. The van der Waals surface area contributed by atoms with E-state index in [1.807, 2.05) is 29.7 Å². The van der Waals surface area contributed by atoms with Gasteiger partial charge in [0.2, 0.25) is 5.78 Å². The second kappa shape index (κ2) is 7.07. The Hall–Kier alpha value is -3.81. The first kappa shape index (κ1) is 17.6. The Morgan fingerprint density at radius 1 is 1.07 bits per heavy atom. The van der Waals surface area contributed by atoms with E-state index in [1.165, 1.54) is 0 Å². The summed E-state index contributed by atoms with van der Waals surface area (Å²) in [6.07, 6.45) is 3.55. The van der Waals surface area contributed by atoms with Crippen LogP contribution in [0.2, 0.25) is 0 Å². The number of amides is 2. The van der Waals surface area contributed by atoms with Gasteiger partial charge in [0.15, 0.2) is 0 Å². The van der Waals surface area contributed by atoms with Crippen LogP contribution in [-0.2, 0) is 0 Å². The quantitative estimate of drug-likeness (QED) is 0.545. The van der Waals surface area contributed by atoms with E-state index in [2.05, 4.69) is 20.6 Å². The van der Waals surface area contributed by atoms with Crippen LogP contribution in [0.5, 0.6) is 0 Å². The van der Waals surface area contributed by atoms with Gasteiger partial charge in [-0.25, -0.2) is 23.5 Å². The van der Waals surface area contributed by atoms with Gasteiger partial charge in [-0.3, -0.25) is 4.40 Å². The zero-order valence-electron chi connectivity index (χ0n) is 14.8. The molecule has 2 N–H and O–H groups in total. The first-order chi connectivity index (χ1) is 13.5. The van der Waals surface area contributed by atoms with Gasteiger partial charge in [0.05, 0.1) is 11.4 Å². The smallest absolute Gasteiger partial charge is 0.308 e. The fourth-order valence-electron chi connectivity index (χ4n) is 2.90. The molecule has 0 spiro atoms. The Morgan fingerprint density at radius 2 is 1.93 bits per heavy atom. The van der Waals surface area contributed by atoms with E-state index in [-0.39, 0.29) is 5.69 Å². The summed E-state index contributed by atoms with van der Waals surface area (Å²) in [5, 5.41) is 4.99. The zero-order valence-corrected chi connectivity index (χ0v) is 14.8. The molecular weight excluding hydrogens is 364 g/mol. The molecule has 2 aromatic carbocycles. The first-order valence-electron chi connectivity index (χ1n) is 8.44. The van der Waals surface area contributed by atoms with E-state index in [9.17, 15) is 13.6 Å². The summed E-state index contributed by atoms with van der Waals surface area (Å²) >= 11 is 0. The molecule has 4 aromatic rings. The number of imidazole rings is 1. The van der Waals surface area contributed by atoms with Gasteiger partial charge >= 0.3 is 6.03 Å². The predicted octanol–water partition coefficient (Wildman–Crippen LogP) is 4.63. The molecule has 0 bridgehead atoms. The van der Waals surface area contributed by atoms with Crippen molar-refractivity contribution >= 4 is 23.2 Å². The van der Waals surface area contributed by atoms with Gasteiger partial charge in [0.25, 0.3) is 0 Å². The average molecular weight is 379 g/mol. The Bertz CT molecular complexity index is 1190. The molecule has 0 atom stereocenters. The van der Waals surface area contributed by atoms with E-state index in [1.54, 1.807) is 24.4 Å². The second-order valence-electron chi connectivity index (χ2n) is 6.12. The molecule has 6 nitrogen and oxygen atoms in total. The van der Waals surface area contributed by atoms with Crippen LogP contribution in [0.4, 0.5) is 25.0 Å². The van der Waals surface area contributed by atoms with Crippen LogP contribution >= 0.6 is 0 Å². The van der Waals surface area contributed by atoms with E-state index in [0.717, 1.165) is 29.1 Å². The standard InChI is InChI=1S/C20H15F2N5O/c1-12-18(26-19-23-8-3-9-27(12)19)13-4-2-5-15(10-13)24-20(28)25-17-7-6-14(21)11-16(17)22/h2-11H,1H3,(H2,24,25,28). The van der Waals surface area contributed by atoms with E-state index >= 15 is 0 Å². The number of hydrogen-bond acceptors (Lipinski definition) is 3. The molecule has 0 unspecified atom stereocenters. The molecule has 2 aromatic heterocycles. The van der Waals surface area contributed by atoms with Gasteiger partial charge in [-0.1, -0.05) is 12.1 Å². The lowest BCUT2D eigenvalue weighted by Crippen LogP contribution is -2.20. The van der Waals surface area contributed by atoms with Crippen molar-refractivity contribution in [2.24, 2.45) is 0 Å². The topological polar surface area (TPSA) is 71.3 Å². The minimum atomic E-state index is -0.850. The number of carbonyl (C=O) groups excluding carboxylic acids is 1. The molecule has 2 amide bonds. The third-order valence-corrected chi connectivity index (χ3v) is 4.22. The van der Waals surface area contributed by atoms with Crippen molar-refractivity contribution in [1.82, 2.24) is 14.4 Å². The number of benzene rings is 2. The molecule has 0 aliphatic heterocycles. The largest absolute Gasteiger partial charge is 0.323 e. The monoisotopic (exact) mass is 379 g/mol. The van der Waals surface area contributed by atoms with Gasteiger partial charge in [-0.15, -0.1) is 0 Å². The third kappa shape index (κ3) is 3.39. The van der Waals surface area contributed by atoms with Crippen molar-refractivity contribution in [3.8, 4) is 11.3 Å². The summed E-state index contributed by atoms with van der Waals surface area (Å²) in [6.45, 7) is 1.93. The summed E-state index contributed by atoms with van der Waals surface area (Å²) in [5.74, 6) is -0.983. The summed E-state index contributed by atoms with van der Waals surface area (Å²) < 4.78 is 28.5. The number of anilines is 2. The Balaban J connectivity index is 1.56. The van der Waals surface area contributed by atoms with Crippen LogP contribution < -0.4 is 10.6 Å². The maximum Gasteiger partial charge on any atom is 0.323 e. The van der Waals surface area contributed by atoms with Crippen LogP contribution in [0.25, 0.3) is 17.0 Å². The normalized spacial score (nSPS) is 10.8. The molecule has 0 saturated heterocycles. The number of rotatable bonds is 3.